The smallest absolute Gasteiger partial charge is 0.465 e. The van der Waals surface area contributed by atoms with E-state index in [-0.39, 0.29) is 19.7 Å². The maximum atomic E-state index is 12.9. The first-order chi connectivity index (χ1) is 11.2. The van der Waals surface area contributed by atoms with Crippen LogP contribution >= 0.6 is 15.9 Å². The summed E-state index contributed by atoms with van der Waals surface area (Å²) in [7, 11) is 0. The monoisotopic (exact) mass is 410 g/mol. The van der Waals surface area contributed by atoms with Gasteiger partial charge in [0.1, 0.15) is 0 Å². The molecule has 10 heteroatoms. The van der Waals surface area contributed by atoms with Gasteiger partial charge in [-0.2, -0.15) is 13.2 Å². The normalized spacial score (nSPS) is 21.4. The van der Waals surface area contributed by atoms with Gasteiger partial charge in [0.25, 0.3) is 0 Å². The summed E-state index contributed by atoms with van der Waals surface area (Å²) in [5, 5.41) is 10.6. The van der Waals surface area contributed by atoms with Gasteiger partial charge in [0, 0.05) is 17.6 Å². The third kappa shape index (κ3) is 4.60. The van der Waals surface area contributed by atoms with Gasteiger partial charge in [-0.05, 0) is 17.7 Å². The molecule has 132 valence electrons. The van der Waals surface area contributed by atoms with E-state index in [0.29, 0.717) is 10.5 Å². The van der Waals surface area contributed by atoms with Crippen LogP contribution in [0.3, 0.4) is 0 Å². The van der Waals surface area contributed by atoms with Gasteiger partial charge < -0.3 is 20.1 Å². The van der Waals surface area contributed by atoms with Crippen molar-refractivity contribution in [3.05, 3.63) is 34.3 Å². The van der Waals surface area contributed by atoms with Crippen LogP contribution in [0.1, 0.15) is 11.6 Å². The molecule has 2 N–H and O–H groups in total. The Kier molecular flexibility index (Phi) is 5.70. The van der Waals surface area contributed by atoms with Crippen LogP contribution in [0.4, 0.5) is 18.0 Å². The molecule has 2 rings (SSSR count). The highest BCUT2D eigenvalue weighted by Crippen LogP contribution is 2.31. The molecule has 6 nitrogen and oxygen atoms in total. The molecule has 1 saturated heterocycles. The number of benzene rings is 1. The van der Waals surface area contributed by atoms with Crippen molar-refractivity contribution < 1.29 is 32.6 Å². The third-order valence-corrected chi connectivity index (χ3v) is 4.03. The quantitative estimate of drug-likeness (QED) is 0.802. The predicted molar refractivity (Wildman–Crippen MR) is 80.4 cm³/mol. The molecule has 0 aromatic heterocycles. The Bertz CT molecular complexity index is 609. The number of hydrogen-bond donors (Lipinski definition) is 2. The van der Waals surface area contributed by atoms with Crippen LogP contribution in [0.5, 0.6) is 0 Å². The van der Waals surface area contributed by atoms with Gasteiger partial charge in [0.2, 0.25) is 0 Å². The largest absolute Gasteiger partial charge is 0.471 e. The Morgan fingerprint density at radius 2 is 1.96 bits per heavy atom. The zero-order valence-electron chi connectivity index (χ0n) is 12.2. The fraction of sp³-hybridized carbons (Fsp3) is 0.429. The number of rotatable bonds is 3. The molecule has 24 heavy (non-hydrogen) atoms. The van der Waals surface area contributed by atoms with Crippen LogP contribution in [0.2, 0.25) is 0 Å². The van der Waals surface area contributed by atoms with Crippen LogP contribution in [0, 0.1) is 0 Å². The fourth-order valence-electron chi connectivity index (χ4n) is 2.39. The molecule has 2 atom stereocenters. The molecule has 1 heterocycles. The van der Waals surface area contributed by atoms with E-state index in [2.05, 4.69) is 15.9 Å². The minimum Gasteiger partial charge on any atom is -0.465 e. The number of amides is 2. The second-order valence-corrected chi connectivity index (χ2v) is 6.08. The van der Waals surface area contributed by atoms with Gasteiger partial charge >= 0.3 is 18.2 Å². The number of morpholine rings is 1. The molecular formula is C14H14BrF3N2O4. The number of halogens is 4. The number of alkyl halides is 3. The SMILES string of the molecule is O=C(O)NC[C@H]1CN(C(=O)C(F)(F)F)C(c2ccc(Br)cc2)CO1. The van der Waals surface area contributed by atoms with Gasteiger partial charge in [0.15, 0.2) is 0 Å². The van der Waals surface area contributed by atoms with Crippen LogP contribution < -0.4 is 5.32 Å². The number of ether oxygens (including phenoxy) is 1. The fourth-order valence-corrected chi connectivity index (χ4v) is 2.65. The molecule has 1 aliphatic rings. The molecule has 2 amide bonds. The van der Waals surface area contributed by atoms with E-state index >= 15 is 0 Å². The summed E-state index contributed by atoms with van der Waals surface area (Å²) < 4.78 is 44.8. The van der Waals surface area contributed by atoms with Gasteiger partial charge in [-0.1, -0.05) is 28.1 Å². The number of carboxylic acid groups (broad SMARTS) is 1. The summed E-state index contributed by atoms with van der Waals surface area (Å²) in [5.74, 6) is -1.97. The summed E-state index contributed by atoms with van der Waals surface area (Å²) in [6.45, 7) is -0.723. The van der Waals surface area contributed by atoms with Crippen LogP contribution in [0.15, 0.2) is 28.7 Å². The Labute approximate surface area is 143 Å². The second kappa shape index (κ2) is 7.39. The third-order valence-electron chi connectivity index (χ3n) is 3.51. The van der Waals surface area contributed by atoms with Crippen molar-refractivity contribution in [2.45, 2.75) is 18.3 Å². The highest BCUT2D eigenvalue weighted by Gasteiger charge is 2.47. The number of hydrogen-bond acceptors (Lipinski definition) is 3. The zero-order valence-corrected chi connectivity index (χ0v) is 13.8. The van der Waals surface area contributed by atoms with E-state index in [1.54, 1.807) is 24.3 Å². The van der Waals surface area contributed by atoms with Crippen molar-refractivity contribution >= 4 is 27.9 Å². The Morgan fingerprint density at radius 1 is 1.33 bits per heavy atom. The second-order valence-electron chi connectivity index (χ2n) is 5.16. The van der Waals surface area contributed by atoms with Crippen LogP contribution in [-0.2, 0) is 9.53 Å². The van der Waals surface area contributed by atoms with E-state index in [1.807, 2.05) is 5.32 Å². The van der Waals surface area contributed by atoms with Gasteiger partial charge in [0.05, 0.1) is 18.8 Å². The molecule has 1 unspecified atom stereocenters. The minimum absolute atomic E-state index is 0.157. The molecule has 1 fully saturated rings. The van der Waals surface area contributed by atoms with Crippen LogP contribution in [0.25, 0.3) is 0 Å². The number of nitrogens with one attached hydrogen (secondary N) is 1. The van der Waals surface area contributed by atoms with E-state index < -0.39 is 30.3 Å². The summed E-state index contributed by atoms with van der Waals surface area (Å²) >= 11 is 3.23. The Morgan fingerprint density at radius 3 is 2.50 bits per heavy atom. The number of carbonyl (C=O) groups excluding carboxylic acids is 1. The van der Waals surface area contributed by atoms with E-state index in [9.17, 15) is 22.8 Å². The molecular weight excluding hydrogens is 397 g/mol. The summed E-state index contributed by atoms with van der Waals surface area (Å²) in [4.78, 5) is 22.9. The lowest BCUT2D eigenvalue weighted by molar-refractivity contribution is -0.196. The molecule has 1 aromatic carbocycles. The topological polar surface area (TPSA) is 78.9 Å². The molecule has 0 saturated carbocycles. The number of carbonyl (C=O) groups is 2. The molecule has 0 bridgehead atoms. The molecule has 1 aliphatic heterocycles. The Hall–Kier alpha value is -1.81. The van der Waals surface area contributed by atoms with Crippen molar-refractivity contribution in [2.75, 3.05) is 19.7 Å². The summed E-state index contributed by atoms with van der Waals surface area (Å²) in [5.41, 5.74) is 0.500. The van der Waals surface area contributed by atoms with Crippen molar-refractivity contribution in [1.29, 1.82) is 0 Å². The number of nitrogens with zero attached hydrogens (tertiary/aromatic N) is 1. The first-order valence-electron chi connectivity index (χ1n) is 6.90. The maximum absolute atomic E-state index is 12.9. The first-order valence-corrected chi connectivity index (χ1v) is 7.69. The lowest BCUT2D eigenvalue weighted by atomic mass is 10.0. The summed E-state index contributed by atoms with van der Waals surface area (Å²) in [6.07, 6.45) is -7.18. The predicted octanol–water partition coefficient (Wildman–Crippen LogP) is 2.55. The highest BCUT2D eigenvalue weighted by atomic mass is 79.9. The summed E-state index contributed by atoms with van der Waals surface area (Å²) in [6, 6.07) is 5.62. The lowest BCUT2D eigenvalue weighted by Crippen LogP contribution is -2.54. The van der Waals surface area contributed by atoms with Crippen LogP contribution in [-0.4, -0.2) is 54.0 Å². The zero-order chi connectivity index (χ0) is 17.9. The molecule has 0 radical (unpaired) electrons. The van der Waals surface area contributed by atoms with Gasteiger partial charge in [-0.15, -0.1) is 0 Å². The highest BCUT2D eigenvalue weighted by molar-refractivity contribution is 9.10. The molecule has 0 spiro atoms. The average molecular weight is 411 g/mol. The molecule has 1 aromatic rings. The van der Waals surface area contributed by atoms with Crippen molar-refractivity contribution in [3.8, 4) is 0 Å². The minimum atomic E-state index is -5.02. The van der Waals surface area contributed by atoms with E-state index in [0.717, 1.165) is 4.47 Å². The standard InChI is InChI=1S/C14H14BrF3N2O4/c15-9-3-1-8(2-4-9)11-7-24-10(5-19-13(22)23)6-20(11)12(21)14(16,17)18/h1-4,10-11,19H,5-7H2,(H,22,23)/t10-,11?/m0/s1. The van der Waals surface area contributed by atoms with Gasteiger partial charge in [-0.25, -0.2) is 4.79 Å². The molecule has 0 aliphatic carbocycles. The van der Waals surface area contributed by atoms with E-state index in [1.165, 1.54) is 0 Å². The first kappa shape index (κ1) is 18.5. The van der Waals surface area contributed by atoms with Crippen molar-refractivity contribution in [2.24, 2.45) is 0 Å². The Balaban J connectivity index is 2.21. The van der Waals surface area contributed by atoms with Crippen molar-refractivity contribution in [3.63, 3.8) is 0 Å². The maximum Gasteiger partial charge on any atom is 0.471 e. The lowest BCUT2D eigenvalue weighted by Gasteiger charge is -2.40. The van der Waals surface area contributed by atoms with E-state index in [4.69, 9.17) is 9.84 Å². The van der Waals surface area contributed by atoms with Crippen molar-refractivity contribution in [1.82, 2.24) is 10.2 Å². The van der Waals surface area contributed by atoms with Gasteiger partial charge in [-0.3, -0.25) is 4.79 Å². The average Bonchev–Trinajstić information content (AvgIpc) is 2.52.